The van der Waals surface area contributed by atoms with Crippen molar-refractivity contribution < 1.29 is 19.2 Å². The molecule has 154 valence electrons. The van der Waals surface area contributed by atoms with E-state index in [4.69, 9.17) is 4.74 Å². The SMILES string of the molecule is CC1CC[NH+](CC(=O)N(C)CC(=O)Nc2ccc(N3CCOCC3)cc2)CC1. The second-order valence-electron chi connectivity index (χ2n) is 8.05. The normalized spacial score (nSPS) is 22.6. The molecular weight excluding hydrogens is 356 g/mol. The van der Waals surface area contributed by atoms with Crippen molar-refractivity contribution >= 4 is 23.2 Å². The highest BCUT2D eigenvalue weighted by molar-refractivity contribution is 5.94. The number of piperidine rings is 1. The van der Waals surface area contributed by atoms with Crippen LogP contribution >= 0.6 is 0 Å². The molecular formula is C21H33N4O3+. The van der Waals surface area contributed by atoms with Crippen molar-refractivity contribution in [3.63, 3.8) is 0 Å². The van der Waals surface area contributed by atoms with E-state index < -0.39 is 0 Å². The van der Waals surface area contributed by atoms with E-state index in [1.165, 1.54) is 22.6 Å². The highest BCUT2D eigenvalue weighted by Crippen LogP contribution is 2.19. The molecule has 28 heavy (non-hydrogen) atoms. The summed E-state index contributed by atoms with van der Waals surface area (Å²) in [5, 5.41) is 2.88. The van der Waals surface area contributed by atoms with Crippen molar-refractivity contribution in [3.8, 4) is 0 Å². The fourth-order valence-corrected chi connectivity index (χ4v) is 3.78. The maximum absolute atomic E-state index is 12.4. The molecule has 0 aromatic heterocycles. The number of likely N-dealkylation sites (N-methyl/N-ethyl adjacent to an activating group) is 1. The van der Waals surface area contributed by atoms with Gasteiger partial charge in [0, 0.05) is 31.5 Å². The van der Waals surface area contributed by atoms with Gasteiger partial charge in [-0.1, -0.05) is 6.92 Å². The van der Waals surface area contributed by atoms with Crippen molar-refractivity contribution in [3.05, 3.63) is 24.3 Å². The first-order valence-electron chi connectivity index (χ1n) is 10.3. The average Bonchev–Trinajstić information content (AvgIpc) is 2.71. The molecule has 0 saturated carbocycles. The van der Waals surface area contributed by atoms with Gasteiger partial charge in [-0.05, 0) is 43.0 Å². The van der Waals surface area contributed by atoms with Crippen LogP contribution in [0.15, 0.2) is 24.3 Å². The molecule has 0 radical (unpaired) electrons. The number of nitrogens with zero attached hydrogens (tertiary/aromatic N) is 2. The largest absolute Gasteiger partial charge is 0.378 e. The van der Waals surface area contributed by atoms with E-state index in [2.05, 4.69) is 17.1 Å². The number of anilines is 2. The highest BCUT2D eigenvalue weighted by Gasteiger charge is 2.23. The predicted octanol–water partition coefficient (Wildman–Crippen LogP) is 0.235. The predicted molar refractivity (Wildman–Crippen MR) is 110 cm³/mol. The van der Waals surface area contributed by atoms with Gasteiger partial charge in [0.05, 0.1) is 32.8 Å². The molecule has 7 nitrogen and oxygen atoms in total. The summed E-state index contributed by atoms with van der Waals surface area (Å²) in [4.78, 5) is 29.8. The van der Waals surface area contributed by atoms with Gasteiger partial charge in [0.1, 0.15) is 0 Å². The van der Waals surface area contributed by atoms with Gasteiger partial charge in [-0.3, -0.25) is 9.59 Å². The number of hydrogen-bond donors (Lipinski definition) is 2. The minimum Gasteiger partial charge on any atom is -0.378 e. The lowest BCUT2D eigenvalue weighted by atomic mass is 9.99. The maximum atomic E-state index is 12.4. The number of morpholine rings is 1. The van der Waals surface area contributed by atoms with Crippen LogP contribution in [0, 0.1) is 5.92 Å². The van der Waals surface area contributed by atoms with Gasteiger partial charge in [-0.25, -0.2) is 0 Å². The molecule has 1 aromatic carbocycles. The average molecular weight is 390 g/mol. The smallest absolute Gasteiger partial charge is 0.277 e. The number of carbonyl (C=O) groups excluding carboxylic acids is 2. The van der Waals surface area contributed by atoms with Crippen molar-refractivity contribution in [1.29, 1.82) is 0 Å². The minimum absolute atomic E-state index is 0.0300. The fourth-order valence-electron chi connectivity index (χ4n) is 3.78. The Labute approximate surface area is 167 Å². The van der Waals surface area contributed by atoms with Crippen LogP contribution in [0.25, 0.3) is 0 Å². The first-order valence-corrected chi connectivity index (χ1v) is 10.3. The number of amides is 2. The number of benzene rings is 1. The van der Waals surface area contributed by atoms with Crippen LogP contribution in [0.5, 0.6) is 0 Å². The van der Waals surface area contributed by atoms with E-state index in [-0.39, 0.29) is 18.4 Å². The molecule has 0 unspecified atom stereocenters. The Balaban J connectivity index is 1.43. The number of hydrogen-bond acceptors (Lipinski definition) is 4. The molecule has 3 rings (SSSR count). The molecule has 1 aromatic rings. The second kappa shape index (κ2) is 9.89. The summed E-state index contributed by atoms with van der Waals surface area (Å²) in [5.41, 5.74) is 1.88. The number of quaternary nitrogens is 1. The van der Waals surface area contributed by atoms with Crippen molar-refractivity contribution in [2.24, 2.45) is 5.92 Å². The van der Waals surface area contributed by atoms with Gasteiger partial charge in [0.2, 0.25) is 5.91 Å². The van der Waals surface area contributed by atoms with Gasteiger partial charge in [-0.15, -0.1) is 0 Å². The summed E-state index contributed by atoms with van der Waals surface area (Å²) in [7, 11) is 1.70. The van der Waals surface area contributed by atoms with E-state index in [0.717, 1.165) is 56.7 Å². The van der Waals surface area contributed by atoms with Crippen molar-refractivity contribution in [2.75, 3.05) is 69.7 Å². The Kier molecular flexibility index (Phi) is 7.28. The Bertz CT molecular complexity index is 650. The van der Waals surface area contributed by atoms with Crippen molar-refractivity contribution in [2.45, 2.75) is 19.8 Å². The Morgan fingerprint density at radius 3 is 2.46 bits per heavy atom. The highest BCUT2D eigenvalue weighted by atomic mass is 16.5. The summed E-state index contributed by atoms with van der Waals surface area (Å²) in [6.45, 7) is 8.17. The Hall–Kier alpha value is -2.12. The number of likely N-dealkylation sites (tertiary alicyclic amines) is 1. The van der Waals surface area contributed by atoms with Gasteiger partial charge >= 0.3 is 0 Å². The minimum atomic E-state index is -0.169. The number of carbonyl (C=O) groups is 2. The van der Waals surface area contributed by atoms with E-state index in [1.807, 2.05) is 24.3 Å². The molecule has 7 heteroatoms. The van der Waals surface area contributed by atoms with Crippen molar-refractivity contribution in [1.82, 2.24) is 4.90 Å². The maximum Gasteiger partial charge on any atom is 0.277 e. The lowest BCUT2D eigenvalue weighted by Crippen LogP contribution is -3.14. The summed E-state index contributed by atoms with van der Waals surface area (Å²) in [6, 6.07) is 7.83. The number of ether oxygens (including phenoxy) is 1. The fraction of sp³-hybridized carbons (Fsp3) is 0.619. The second-order valence-corrected chi connectivity index (χ2v) is 8.05. The van der Waals surface area contributed by atoms with E-state index in [0.29, 0.717) is 6.54 Å². The number of nitrogens with one attached hydrogen (secondary N) is 2. The monoisotopic (exact) mass is 389 g/mol. The van der Waals surface area contributed by atoms with Crippen LogP contribution in [-0.2, 0) is 14.3 Å². The molecule has 0 bridgehead atoms. The van der Waals surface area contributed by atoms with E-state index >= 15 is 0 Å². The molecule has 2 N–H and O–H groups in total. The van der Waals surface area contributed by atoms with Crippen LogP contribution in [-0.4, -0.2) is 76.2 Å². The standard InChI is InChI=1S/C21H32N4O3/c1-17-7-9-24(10-8-17)16-21(27)23(2)15-20(26)22-18-3-5-19(6-4-18)25-11-13-28-14-12-25/h3-6,17H,7-16H2,1-2H3,(H,22,26)/p+1. The topological polar surface area (TPSA) is 66.3 Å². The molecule has 2 saturated heterocycles. The lowest BCUT2D eigenvalue weighted by molar-refractivity contribution is -0.898. The van der Waals surface area contributed by atoms with Gasteiger partial charge in [0.25, 0.3) is 5.91 Å². The van der Waals surface area contributed by atoms with Crippen LogP contribution in [0.1, 0.15) is 19.8 Å². The zero-order valence-corrected chi connectivity index (χ0v) is 17.1. The van der Waals surface area contributed by atoms with Crippen LogP contribution in [0.2, 0.25) is 0 Å². The van der Waals surface area contributed by atoms with E-state index in [1.54, 1.807) is 7.05 Å². The molecule has 2 aliphatic heterocycles. The van der Waals surface area contributed by atoms with Gasteiger partial charge in [-0.2, -0.15) is 0 Å². The van der Waals surface area contributed by atoms with Crippen LogP contribution in [0.4, 0.5) is 11.4 Å². The Morgan fingerprint density at radius 2 is 1.82 bits per heavy atom. The first-order chi connectivity index (χ1) is 13.5. The molecule has 2 heterocycles. The first kappa shape index (κ1) is 20.6. The summed E-state index contributed by atoms with van der Waals surface area (Å²) in [5.74, 6) is 0.622. The van der Waals surface area contributed by atoms with E-state index in [9.17, 15) is 9.59 Å². The van der Waals surface area contributed by atoms with Crippen LogP contribution in [0.3, 0.4) is 0 Å². The molecule has 2 fully saturated rings. The summed E-state index contributed by atoms with van der Waals surface area (Å²) >= 11 is 0. The third-order valence-corrected chi connectivity index (χ3v) is 5.72. The summed E-state index contributed by atoms with van der Waals surface area (Å²) in [6.07, 6.45) is 2.35. The Morgan fingerprint density at radius 1 is 1.18 bits per heavy atom. The lowest BCUT2D eigenvalue weighted by Gasteiger charge is -2.29. The zero-order chi connectivity index (χ0) is 19.9. The summed E-state index contributed by atoms with van der Waals surface area (Å²) < 4.78 is 5.37. The third kappa shape index (κ3) is 5.94. The van der Waals surface area contributed by atoms with Gasteiger partial charge < -0.3 is 24.8 Å². The molecule has 2 amide bonds. The third-order valence-electron chi connectivity index (χ3n) is 5.72. The number of rotatable bonds is 6. The molecule has 0 spiro atoms. The van der Waals surface area contributed by atoms with Gasteiger partial charge in [0.15, 0.2) is 6.54 Å². The quantitative estimate of drug-likeness (QED) is 0.731. The molecule has 0 aliphatic carbocycles. The zero-order valence-electron chi connectivity index (χ0n) is 17.1. The molecule has 0 atom stereocenters. The van der Waals surface area contributed by atoms with Crippen LogP contribution < -0.4 is 15.1 Å². The molecule has 2 aliphatic rings.